The van der Waals surface area contributed by atoms with Gasteiger partial charge in [0.2, 0.25) is 0 Å². The fourth-order valence-corrected chi connectivity index (χ4v) is 2.59. The average molecular weight is 319 g/mol. The number of rotatable bonds is 1. The number of hydrogen-bond acceptors (Lipinski definition) is 2. The van der Waals surface area contributed by atoms with Crippen LogP contribution in [-0.2, 0) is 4.74 Å². The number of benzene rings is 1. The van der Waals surface area contributed by atoms with Gasteiger partial charge in [0.05, 0.1) is 23.3 Å². The second-order valence-corrected chi connectivity index (χ2v) is 5.38. The molecule has 0 N–H and O–H groups in total. The number of nitrogens with zero attached hydrogens (tertiary/aromatic N) is 1. The summed E-state index contributed by atoms with van der Waals surface area (Å²) < 4.78 is 6.28. The van der Waals surface area contributed by atoms with Gasteiger partial charge in [-0.15, -0.1) is 0 Å². The number of halogens is 2. The molecule has 1 fully saturated rings. The number of morpholine rings is 1. The van der Waals surface area contributed by atoms with Gasteiger partial charge < -0.3 is 9.64 Å². The van der Waals surface area contributed by atoms with Crippen molar-refractivity contribution in [3.05, 3.63) is 33.3 Å². The van der Waals surface area contributed by atoms with Crippen molar-refractivity contribution >= 4 is 33.4 Å². The largest absolute Gasteiger partial charge is 0.375 e. The van der Waals surface area contributed by atoms with Crippen molar-refractivity contribution in [3.63, 3.8) is 0 Å². The summed E-state index contributed by atoms with van der Waals surface area (Å²) in [6.45, 7) is 3.78. The second kappa shape index (κ2) is 5.38. The van der Waals surface area contributed by atoms with Gasteiger partial charge in [0.25, 0.3) is 5.91 Å². The minimum atomic E-state index is -0.0300. The van der Waals surface area contributed by atoms with E-state index < -0.39 is 0 Å². The molecule has 0 aromatic heterocycles. The molecule has 0 radical (unpaired) electrons. The van der Waals surface area contributed by atoms with Crippen molar-refractivity contribution in [3.8, 4) is 0 Å². The number of carbonyl (C=O) groups excluding carboxylic acids is 1. The zero-order valence-corrected chi connectivity index (χ0v) is 11.8. The van der Waals surface area contributed by atoms with Crippen molar-refractivity contribution < 1.29 is 9.53 Å². The van der Waals surface area contributed by atoms with Crippen LogP contribution >= 0.6 is 27.5 Å². The lowest BCUT2D eigenvalue weighted by atomic mass is 10.2. The predicted octanol–water partition coefficient (Wildman–Crippen LogP) is 2.96. The molecule has 0 aliphatic carbocycles. The number of carbonyl (C=O) groups is 1. The van der Waals surface area contributed by atoms with E-state index in [0.29, 0.717) is 30.3 Å². The minimum absolute atomic E-state index is 0.0300. The molecule has 0 saturated carbocycles. The molecule has 92 valence electrons. The smallest absolute Gasteiger partial charge is 0.255 e. The first-order chi connectivity index (χ1) is 8.08. The molecule has 5 heteroatoms. The maximum atomic E-state index is 12.2. The van der Waals surface area contributed by atoms with E-state index in [2.05, 4.69) is 15.9 Å². The topological polar surface area (TPSA) is 29.5 Å². The lowest BCUT2D eigenvalue weighted by Crippen LogP contribution is -2.44. The summed E-state index contributed by atoms with van der Waals surface area (Å²) in [5.41, 5.74) is 0.545. The monoisotopic (exact) mass is 317 g/mol. The quantitative estimate of drug-likeness (QED) is 0.797. The Morgan fingerprint density at radius 2 is 2.35 bits per heavy atom. The van der Waals surface area contributed by atoms with Crippen LogP contribution in [0, 0.1) is 0 Å². The highest BCUT2D eigenvalue weighted by Crippen LogP contribution is 2.23. The van der Waals surface area contributed by atoms with E-state index in [1.165, 1.54) is 0 Å². The van der Waals surface area contributed by atoms with Crippen LogP contribution in [0.5, 0.6) is 0 Å². The molecular formula is C12H13BrClNO2. The van der Waals surface area contributed by atoms with Crippen LogP contribution in [0.15, 0.2) is 22.7 Å². The van der Waals surface area contributed by atoms with Gasteiger partial charge in [-0.25, -0.2) is 0 Å². The third-order valence-electron chi connectivity index (χ3n) is 2.69. The fraction of sp³-hybridized carbons (Fsp3) is 0.417. The Hall–Kier alpha value is -0.580. The van der Waals surface area contributed by atoms with E-state index in [0.717, 1.165) is 4.47 Å². The molecular weight excluding hydrogens is 305 g/mol. The Labute approximate surface area is 114 Å². The number of hydrogen-bond donors (Lipinski definition) is 0. The van der Waals surface area contributed by atoms with Gasteiger partial charge in [0.1, 0.15) is 0 Å². The molecule has 1 atom stereocenters. The van der Waals surface area contributed by atoms with Crippen molar-refractivity contribution in [2.24, 2.45) is 0 Å². The van der Waals surface area contributed by atoms with Gasteiger partial charge in [-0.3, -0.25) is 4.79 Å². The highest BCUT2D eigenvalue weighted by atomic mass is 79.9. The zero-order valence-electron chi connectivity index (χ0n) is 9.45. The molecule has 2 rings (SSSR count). The molecule has 0 spiro atoms. The fourth-order valence-electron chi connectivity index (χ4n) is 1.84. The Morgan fingerprint density at radius 3 is 3.00 bits per heavy atom. The van der Waals surface area contributed by atoms with E-state index in [4.69, 9.17) is 16.3 Å². The summed E-state index contributed by atoms with van der Waals surface area (Å²) in [6.07, 6.45) is 0.0851. The molecule has 0 bridgehead atoms. The number of amides is 1. The summed E-state index contributed by atoms with van der Waals surface area (Å²) in [7, 11) is 0. The van der Waals surface area contributed by atoms with Crippen molar-refractivity contribution in [1.82, 2.24) is 4.90 Å². The highest BCUT2D eigenvalue weighted by Gasteiger charge is 2.23. The van der Waals surface area contributed by atoms with Gasteiger partial charge in [-0.05, 0) is 25.1 Å². The number of ether oxygens (including phenoxy) is 1. The Morgan fingerprint density at radius 1 is 1.59 bits per heavy atom. The summed E-state index contributed by atoms with van der Waals surface area (Å²) in [5.74, 6) is -0.0300. The molecule has 3 nitrogen and oxygen atoms in total. The van der Waals surface area contributed by atoms with Crippen LogP contribution < -0.4 is 0 Å². The zero-order chi connectivity index (χ0) is 12.4. The maximum absolute atomic E-state index is 12.2. The molecule has 17 heavy (non-hydrogen) atoms. The standard InChI is InChI=1S/C12H13BrClNO2/c1-8-7-15(4-5-17-8)12(16)10-3-2-9(13)6-11(10)14/h2-3,6,8H,4-5,7H2,1H3/t8-/m0/s1. The maximum Gasteiger partial charge on any atom is 0.255 e. The molecule has 1 amide bonds. The van der Waals surface area contributed by atoms with Gasteiger partial charge in [0, 0.05) is 17.6 Å². The summed E-state index contributed by atoms with van der Waals surface area (Å²) in [5, 5.41) is 0.475. The molecule has 1 aromatic rings. The van der Waals surface area contributed by atoms with Gasteiger partial charge in [-0.2, -0.15) is 0 Å². The third-order valence-corrected chi connectivity index (χ3v) is 3.50. The van der Waals surface area contributed by atoms with Crippen LogP contribution in [-0.4, -0.2) is 36.6 Å². The first kappa shape index (κ1) is 12.9. The second-order valence-electron chi connectivity index (χ2n) is 4.06. The lowest BCUT2D eigenvalue weighted by Gasteiger charge is -2.31. The van der Waals surface area contributed by atoms with Gasteiger partial charge in [0.15, 0.2) is 0 Å². The Kier molecular flexibility index (Phi) is 4.07. The lowest BCUT2D eigenvalue weighted by molar-refractivity contribution is -0.0124. The van der Waals surface area contributed by atoms with E-state index in [9.17, 15) is 4.79 Å². The average Bonchev–Trinajstić information content (AvgIpc) is 2.28. The summed E-state index contributed by atoms with van der Waals surface area (Å²) in [6, 6.07) is 5.30. The SMILES string of the molecule is C[C@H]1CN(C(=O)c2ccc(Br)cc2Cl)CCO1. The van der Waals surface area contributed by atoms with Crippen molar-refractivity contribution in [2.75, 3.05) is 19.7 Å². The Balaban J connectivity index is 2.18. The summed E-state index contributed by atoms with van der Waals surface area (Å²) in [4.78, 5) is 14.0. The van der Waals surface area contributed by atoms with Gasteiger partial charge >= 0.3 is 0 Å². The van der Waals surface area contributed by atoms with Crippen LogP contribution in [0.4, 0.5) is 0 Å². The van der Waals surface area contributed by atoms with E-state index in [1.54, 1.807) is 17.0 Å². The molecule has 1 heterocycles. The molecule has 1 aliphatic heterocycles. The predicted molar refractivity (Wildman–Crippen MR) is 70.5 cm³/mol. The van der Waals surface area contributed by atoms with Crippen LogP contribution in [0.3, 0.4) is 0 Å². The molecule has 1 aliphatic rings. The normalized spacial score (nSPS) is 20.4. The van der Waals surface area contributed by atoms with Crippen molar-refractivity contribution in [2.45, 2.75) is 13.0 Å². The molecule has 1 saturated heterocycles. The van der Waals surface area contributed by atoms with Crippen LogP contribution in [0.25, 0.3) is 0 Å². The minimum Gasteiger partial charge on any atom is -0.375 e. The molecule has 1 aromatic carbocycles. The first-order valence-electron chi connectivity index (χ1n) is 5.44. The van der Waals surface area contributed by atoms with E-state index in [1.807, 2.05) is 13.0 Å². The van der Waals surface area contributed by atoms with Gasteiger partial charge in [-0.1, -0.05) is 27.5 Å². The Bertz CT molecular complexity index is 439. The molecule has 0 unspecified atom stereocenters. The first-order valence-corrected chi connectivity index (χ1v) is 6.61. The van der Waals surface area contributed by atoms with Crippen LogP contribution in [0.1, 0.15) is 17.3 Å². The third kappa shape index (κ3) is 3.00. The van der Waals surface area contributed by atoms with E-state index in [-0.39, 0.29) is 12.0 Å². The van der Waals surface area contributed by atoms with E-state index >= 15 is 0 Å². The summed E-state index contributed by atoms with van der Waals surface area (Å²) >= 11 is 9.39. The highest BCUT2D eigenvalue weighted by molar-refractivity contribution is 9.10. The van der Waals surface area contributed by atoms with Crippen molar-refractivity contribution in [1.29, 1.82) is 0 Å². The van der Waals surface area contributed by atoms with Crippen LogP contribution in [0.2, 0.25) is 5.02 Å².